The van der Waals surface area contributed by atoms with E-state index in [2.05, 4.69) is 0 Å². The maximum atomic E-state index is 12.3. The van der Waals surface area contributed by atoms with Crippen molar-refractivity contribution >= 4 is 27.7 Å². The lowest BCUT2D eigenvalue weighted by Crippen LogP contribution is -2.13. The van der Waals surface area contributed by atoms with Gasteiger partial charge >= 0.3 is 6.16 Å². The Bertz CT molecular complexity index is 1110. The zero-order valence-corrected chi connectivity index (χ0v) is 16.9. The van der Waals surface area contributed by atoms with Gasteiger partial charge in [0.1, 0.15) is 23.0 Å². The van der Waals surface area contributed by atoms with Crippen LogP contribution in [0.1, 0.15) is 13.8 Å². The predicted molar refractivity (Wildman–Crippen MR) is 117 cm³/mol. The molecule has 0 aliphatic rings. The molecule has 0 saturated carbocycles. The average Bonchev–Trinajstić information content (AvgIpc) is 2.74. The fraction of sp³-hybridized carbons (Fsp3) is 0.160. The summed E-state index contributed by atoms with van der Waals surface area (Å²) in [6.07, 6.45) is -0.796. The largest absolute Gasteiger partial charge is 0.519 e. The number of carbonyl (C=O) groups excluding carboxylic acids is 1. The Morgan fingerprint density at radius 2 is 1.13 bits per heavy atom. The molecule has 5 nitrogen and oxygen atoms in total. The molecule has 0 radical (unpaired) electrons. The maximum Gasteiger partial charge on any atom is 0.519 e. The fourth-order valence-electron chi connectivity index (χ4n) is 3.37. The molecular formula is C25H22O5. The molecule has 0 bridgehead atoms. The molecule has 4 aromatic carbocycles. The number of benzene rings is 4. The number of hydrogen-bond acceptors (Lipinski definition) is 5. The highest BCUT2D eigenvalue weighted by molar-refractivity contribution is 5.91. The summed E-state index contributed by atoms with van der Waals surface area (Å²) in [7, 11) is 0. The van der Waals surface area contributed by atoms with Crippen LogP contribution < -0.4 is 18.9 Å². The molecule has 0 spiro atoms. The van der Waals surface area contributed by atoms with Crippen molar-refractivity contribution in [3.8, 4) is 23.0 Å². The van der Waals surface area contributed by atoms with Gasteiger partial charge in [0.2, 0.25) is 0 Å². The second kappa shape index (κ2) is 8.74. The van der Waals surface area contributed by atoms with Gasteiger partial charge in [0.25, 0.3) is 0 Å². The first-order valence-electron chi connectivity index (χ1n) is 9.88. The molecule has 0 aliphatic carbocycles. The van der Waals surface area contributed by atoms with Crippen molar-refractivity contribution in [3.05, 3.63) is 72.8 Å². The molecule has 0 atom stereocenters. The third kappa shape index (κ3) is 4.15. The summed E-state index contributed by atoms with van der Waals surface area (Å²) in [4.78, 5) is 12.3. The molecule has 0 N–H and O–H groups in total. The highest BCUT2D eigenvalue weighted by Gasteiger charge is 2.11. The normalized spacial score (nSPS) is 10.7. The van der Waals surface area contributed by atoms with Gasteiger partial charge in [0.15, 0.2) is 0 Å². The van der Waals surface area contributed by atoms with E-state index in [9.17, 15) is 4.79 Å². The van der Waals surface area contributed by atoms with Crippen LogP contribution >= 0.6 is 0 Å². The standard InChI is InChI=1S/C25H22O5/c1-3-27-23-9-5-7-17-15-19(11-13-21(17)23)29-25(26)30-20-12-14-22-18(16-20)8-6-10-24(22)28-4-2/h5-16H,3-4H2,1-2H3. The molecule has 0 heterocycles. The first-order chi connectivity index (χ1) is 14.7. The zero-order chi connectivity index (χ0) is 20.9. The Kier molecular flexibility index (Phi) is 5.70. The van der Waals surface area contributed by atoms with E-state index in [-0.39, 0.29) is 0 Å². The second-order valence-corrected chi connectivity index (χ2v) is 6.60. The number of ether oxygens (including phenoxy) is 4. The molecule has 0 unspecified atom stereocenters. The lowest BCUT2D eigenvalue weighted by molar-refractivity contribution is 0.152. The molecule has 0 fully saturated rings. The van der Waals surface area contributed by atoms with Crippen LogP contribution in [0.3, 0.4) is 0 Å². The van der Waals surface area contributed by atoms with Crippen molar-refractivity contribution in [1.82, 2.24) is 0 Å². The van der Waals surface area contributed by atoms with Crippen molar-refractivity contribution in [1.29, 1.82) is 0 Å². The predicted octanol–water partition coefficient (Wildman–Crippen LogP) is 6.37. The van der Waals surface area contributed by atoms with E-state index in [1.165, 1.54) is 0 Å². The van der Waals surface area contributed by atoms with E-state index in [4.69, 9.17) is 18.9 Å². The summed E-state index contributed by atoms with van der Waals surface area (Å²) in [6.45, 7) is 5.05. The van der Waals surface area contributed by atoms with Gasteiger partial charge in [-0.05, 0) is 73.2 Å². The fourth-order valence-corrected chi connectivity index (χ4v) is 3.37. The number of fused-ring (bicyclic) bond motifs is 2. The van der Waals surface area contributed by atoms with Crippen LogP contribution in [-0.4, -0.2) is 19.4 Å². The number of rotatable bonds is 6. The quantitative estimate of drug-likeness (QED) is 0.277. The van der Waals surface area contributed by atoms with Gasteiger partial charge in [-0.3, -0.25) is 0 Å². The van der Waals surface area contributed by atoms with Crippen LogP contribution in [0.2, 0.25) is 0 Å². The first-order valence-corrected chi connectivity index (χ1v) is 9.88. The number of hydrogen-bond donors (Lipinski definition) is 0. The third-order valence-electron chi connectivity index (χ3n) is 4.63. The van der Waals surface area contributed by atoms with Gasteiger partial charge in [0.05, 0.1) is 13.2 Å². The Hall–Kier alpha value is -3.73. The van der Waals surface area contributed by atoms with Gasteiger partial charge in [-0.2, -0.15) is 0 Å². The summed E-state index contributed by atoms with van der Waals surface area (Å²) in [5.74, 6) is 2.40. The SMILES string of the molecule is CCOc1cccc2cc(OC(=O)Oc3ccc4c(OCC)cccc4c3)ccc12. The third-order valence-corrected chi connectivity index (χ3v) is 4.63. The zero-order valence-electron chi connectivity index (χ0n) is 16.9. The van der Waals surface area contributed by atoms with Gasteiger partial charge in [-0.15, -0.1) is 0 Å². The topological polar surface area (TPSA) is 54.0 Å². The highest BCUT2D eigenvalue weighted by Crippen LogP contribution is 2.30. The monoisotopic (exact) mass is 402 g/mol. The molecule has 0 saturated heterocycles. The molecule has 0 amide bonds. The number of carbonyl (C=O) groups is 1. The average molecular weight is 402 g/mol. The molecule has 4 aromatic rings. The van der Waals surface area contributed by atoms with E-state index < -0.39 is 6.16 Å². The molecule has 4 rings (SSSR count). The smallest absolute Gasteiger partial charge is 0.493 e. The molecular weight excluding hydrogens is 380 g/mol. The van der Waals surface area contributed by atoms with Crippen LogP contribution in [0.15, 0.2) is 72.8 Å². The molecule has 30 heavy (non-hydrogen) atoms. The maximum absolute atomic E-state index is 12.3. The van der Waals surface area contributed by atoms with Crippen LogP contribution in [-0.2, 0) is 0 Å². The van der Waals surface area contributed by atoms with Crippen molar-refractivity contribution in [2.24, 2.45) is 0 Å². The highest BCUT2D eigenvalue weighted by atomic mass is 16.7. The molecule has 0 aromatic heterocycles. The molecule has 5 heteroatoms. The van der Waals surface area contributed by atoms with Crippen molar-refractivity contribution in [2.75, 3.05) is 13.2 Å². The van der Waals surface area contributed by atoms with E-state index in [0.717, 1.165) is 33.0 Å². The first kappa shape index (κ1) is 19.6. The van der Waals surface area contributed by atoms with E-state index in [1.807, 2.05) is 62.4 Å². The Morgan fingerprint density at radius 3 is 1.57 bits per heavy atom. The summed E-state index contributed by atoms with van der Waals surface area (Å²) >= 11 is 0. The van der Waals surface area contributed by atoms with Gasteiger partial charge in [-0.1, -0.05) is 24.3 Å². The van der Waals surface area contributed by atoms with Crippen molar-refractivity contribution in [3.63, 3.8) is 0 Å². The van der Waals surface area contributed by atoms with Gasteiger partial charge in [0, 0.05) is 10.8 Å². The van der Waals surface area contributed by atoms with Crippen molar-refractivity contribution < 1.29 is 23.7 Å². The Balaban J connectivity index is 1.50. The lowest BCUT2D eigenvalue weighted by Gasteiger charge is -2.10. The van der Waals surface area contributed by atoms with Crippen LogP contribution in [0.4, 0.5) is 4.79 Å². The van der Waals surface area contributed by atoms with Gasteiger partial charge in [-0.25, -0.2) is 4.79 Å². The Labute approximate surface area is 174 Å². The minimum Gasteiger partial charge on any atom is -0.493 e. The Morgan fingerprint density at radius 1 is 0.667 bits per heavy atom. The lowest BCUT2D eigenvalue weighted by atomic mass is 10.1. The summed E-state index contributed by atoms with van der Waals surface area (Å²) in [5, 5.41) is 3.75. The van der Waals surface area contributed by atoms with Crippen molar-refractivity contribution in [2.45, 2.75) is 13.8 Å². The van der Waals surface area contributed by atoms with Gasteiger partial charge < -0.3 is 18.9 Å². The second-order valence-electron chi connectivity index (χ2n) is 6.60. The van der Waals surface area contributed by atoms with Crippen LogP contribution in [0, 0.1) is 0 Å². The van der Waals surface area contributed by atoms with E-state index in [1.54, 1.807) is 24.3 Å². The van der Waals surface area contributed by atoms with Crippen LogP contribution in [0.25, 0.3) is 21.5 Å². The van der Waals surface area contributed by atoms with E-state index in [0.29, 0.717) is 24.7 Å². The molecule has 0 aliphatic heterocycles. The molecule has 152 valence electrons. The minimum absolute atomic E-state index is 0.403. The summed E-state index contributed by atoms with van der Waals surface area (Å²) in [6, 6.07) is 22.3. The summed E-state index contributed by atoms with van der Waals surface area (Å²) < 4.78 is 22.0. The van der Waals surface area contributed by atoms with E-state index >= 15 is 0 Å². The summed E-state index contributed by atoms with van der Waals surface area (Å²) in [5.41, 5.74) is 0. The minimum atomic E-state index is -0.796. The van der Waals surface area contributed by atoms with Crippen LogP contribution in [0.5, 0.6) is 23.0 Å².